The number of benzene rings is 1. The molecule has 7 heteroatoms. The van der Waals surface area contributed by atoms with Crippen LogP contribution in [0.5, 0.6) is 11.5 Å². The molecule has 0 unspecified atom stereocenters. The monoisotopic (exact) mass is 313 g/mol. The van der Waals surface area contributed by atoms with Gasteiger partial charge in [-0.2, -0.15) is 5.10 Å². The van der Waals surface area contributed by atoms with Crippen molar-refractivity contribution < 1.29 is 19.1 Å². The van der Waals surface area contributed by atoms with Gasteiger partial charge >= 0.3 is 5.97 Å². The van der Waals surface area contributed by atoms with Gasteiger partial charge in [-0.1, -0.05) is 0 Å². The number of esters is 1. The number of amides is 1. The number of carbonyl (C=O) groups is 2. The summed E-state index contributed by atoms with van der Waals surface area (Å²) in [6.07, 6.45) is 4.51. The number of rotatable bonds is 5. The van der Waals surface area contributed by atoms with Gasteiger partial charge in [-0.15, -0.1) is 0 Å². The number of aromatic nitrogens is 1. The highest BCUT2D eigenvalue weighted by Crippen LogP contribution is 2.27. The fourth-order valence-corrected chi connectivity index (χ4v) is 1.74. The summed E-state index contributed by atoms with van der Waals surface area (Å²) in [6.45, 7) is 1.31. The summed E-state index contributed by atoms with van der Waals surface area (Å²) in [7, 11) is 1.47. The maximum atomic E-state index is 11.8. The molecule has 1 amide bonds. The van der Waals surface area contributed by atoms with E-state index in [-0.39, 0.29) is 5.91 Å². The summed E-state index contributed by atoms with van der Waals surface area (Å²) in [6, 6.07) is 8.08. The maximum absolute atomic E-state index is 11.8. The molecule has 1 aromatic carbocycles. The van der Waals surface area contributed by atoms with Crippen molar-refractivity contribution in [2.45, 2.75) is 6.92 Å². The number of carbonyl (C=O) groups excluding carboxylic acids is 2. The molecule has 0 spiro atoms. The molecule has 7 nitrogen and oxygen atoms in total. The zero-order chi connectivity index (χ0) is 16.7. The Morgan fingerprint density at radius 1 is 1.17 bits per heavy atom. The molecule has 118 valence electrons. The molecule has 0 atom stereocenters. The average molecular weight is 313 g/mol. The summed E-state index contributed by atoms with van der Waals surface area (Å²) in [5, 5.41) is 3.88. The third-order valence-corrected chi connectivity index (χ3v) is 2.76. The number of hydrogen-bond donors (Lipinski definition) is 1. The molecule has 0 aliphatic heterocycles. The Labute approximate surface area is 132 Å². The van der Waals surface area contributed by atoms with Crippen molar-refractivity contribution >= 4 is 18.1 Å². The number of ether oxygens (including phenoxy) is 2. The third-order valence-electron chi connectivity index (χ3n) is 2.76. The molecule has 2 aromatic rings. The van der Waals surface area contributed by atoms with Gasteiger partial charge in [0.25, 0.3) is 5.91 Å². The Balaban J connectivity index is 2.05. The van der Waals surface area contributed by atoms with Crippen molar-refractivity contribution in [3.8, 4) is 11.5 Å². The Morgan fingerprint density at radius 3 is 2.57 bits per heavy atom. The van der Waals surface area contributed by atoms with Crippen LogP contribution in [0.15, 0.2) is 47.8 Å². The second-order valence-corrected chi connectivity index (χ2v) is 4.44. The quantitative estimate of drug-likeness (QED) is 0.393. The van der Waals surface area contributed by atoms with E-state index < -0.39 is 5.97 Å². The highest BCUT2D eigenvalue weighted by molar-refractivity contribution is 5.94. The number of pyridine rings is 1. The molecule has 1 N–H and O–H groups in total. The van der Waals surface area contributed by atoms with Crippen LogP contribution in [0.3, 0.4) is 0 Å². The Hall–Kier alpha value is -3.22. The van der Waals surface area contributed by atoms with Crippen LogP contribution in [-0.2, 0) is 4.79 Å². The second kappa shape index (κ2) is 7.69. The van der Waals surface area contributed by atoms with Crippen LogP contribution in [0.4, 0.5) is 0 Å². The van der Waals surface area contributed by atoms with Crippen LogP contribution in [0, 0.1) is 0 Å². The number of hydrazone groups is 1. The maximum Gasteiger partial charge on any atom is 0.308 e. The van der Waals surface area contributed by atoms with E-state index in [0.717, 1.165) is 0 Å². The number of nitrogens with zero attached hydrogens (tertiary/aromatic N) is 2. The van der Waals surface area contributed by atoms with E-state index in [9.17, 15) is 9.59 Å². The lowest BCUT2D eigenvalue weighted by atomic mass is 10.2. The molecule has 1 heterocycles. The molecule has 0 radical (unpaired) electrons. The summed E-state index contributed by atoms with van der Waals surface area (Å²) < 4.78 is 10.2. The molecule has 0 fully saturated rings. The zero-order valence-electron chi connectivity index (χ0n) is 12.6. The first-order valence-electron chi connectivity index (χ1n) is 6.70. The molecule has 0 saturated carbocycles. The lowest BCUT2D eigenvalue weighted by Gasteiger charge is -2.08. The van der Waals surface area contributed by atoms with E-state index in [0.29, 0.717) is 22.6 Å². The van der Waals surface area contributed by atoms with Gasteiger partial charge in [0.1, 0.15) is 0 Å². The summed E-state index contributed by atoms with van der Waals surface area (Å²) >= 11 is 0. The summed E-state index contributed by atoms with van der Waals surface area (Å²) in [5.74, 6) is -0.0657. The van der Waals surface area contributed by atoms with Gasteiger partial charge in [-0.05, 0) is 35.9 Å². The molecule has 1 aromatic heterocycles. The van der Waals surface area contributed by atoms with Gasteiger partial charge in [0.15, 0.2) is 11.5 Å². The highest BCUT2D eigenvalue weighted by Gasteiger charge is 2.07. The van der Waals surface area contributed by atoms with Crippen LogP contribution < -0.4 is 14.9 Å². The standard InChI is InChI=1S/C16H15N3O4/c1-11(20)23-14-4-3-12(9-15(14)22-2)10-18-19-16(21)13-5-7-17-8-6-13/h3-10H,1-2H3,(H,19,21)/b18-10+. The van der Waals surface area contributed by atoms with Crippen LogP contribution in [0.1, 0.15) is 22.8 Å². The molecule has 0 aliphatic carbocycles. The van der Waals surface area contributed by atoms with E-state index in [1.165, 1.54) is 32.6 Å². The van der Waals surface area contributed by atoms with Crippen molar-refractivity contribution in [1.29, 1.82) is 0 Å². The minimum atomic E-state index is -0.436. The van der Waals surface area contributed by atoms with Crippen molar-refractivity contribution in [1.82, 2.24) is 10.4 Å². The predicted molar refractivity (Wildman–Crippen MR) is 83.6 cm³/mol. The second-order valence-electron chi connectivity index (χ2n) is 4.44. The average Bonchev–Trinajstić information content (AvgIpc) is 2.56. The zero-order valence-corrected chi connectivity index (χ0v) is 12.6. The van der Waals surface area contributed by atoms with E-state index in [1.54, 1.807) is 30.3 Å². The summed E-state index contributed by atoms with van der Waals surface area (Å²) in [5.41, 5.74) is 3.54. The predicted octanol–water partition coefficient (Wildman–Crippen LogP) is 1.78. The lowest BCUT2D eigenvalue weighted by Crippen LogP contribution is -2.17. The Kier molecular flexibility index (Phi) is 5.40. The van der Waals surface area contributed by atoms with Gasteiger partial charge in [0.2, 0.25) is 0 Å². The van der Waals surface area contributed by atoms with Crippen LogP contribution in [0.2, 0.25) is 0 Å². The van der Waals surface area contributed by atoms with E-state index in [4.69, 9.17) is 9.47 Å². The van der Waals surface area contributed by atoms with Gasteiger partial charge in [0, 0.05) is 24.9 Å². The minimum absolute atomic E-state index is 0.318. The first-order chi connectivity index (χ1) is 11.1. The normalized spacial score (nSPS) is 10.3. The van der Waals surface area contributed by atoms with Gasteiger partial charge in [0.05, 0.1) is 13.3 Å². The minimum Gasteiger partial charge on any atom is -0.493 e. The first-order valence-corrected chi connectivity index (χ1v) is 6.70. The van der Waals surface area contributed by atoms with Crippen molar-refractivity contribution in [2.75, 3.05) is 7.11 Å². The van der Waals surface area contributed by atoms with Gasteiger partial charge in [-0.3, -0.25) is 14.6 Å². The molecule has 0 bridgehead atoms. The first kappa shape index (κ1) is 16.2. The van der Waals surface area contributed by atoms with Crippen LogP contribution in [0.25, 0.3) is 0 Å². The fourth-order valence-electron chi connectivity index (χ4n) is 1.74. The number of nitrogens with one attached hydrogen (secondary N) is 1. The van der Waals surface area contributed by atoms with E-state index in [2.05, 4.69) is 15.5 Å². The molecular formula is C16H15N3O4. The van der Waals surface area contributed by atoms with E-state index >= 15 is 0 Å². The summed E-state index contributed by atoms with van der Waals surface area (Å²) in [4.78, 5) is 26.6. The van der Waals surface area contributed by atoms with Crippen molar-refractivity contribution in [3.63, 3.8) is 0 Å². The smallest absolute Gasteiger partial charge is 0.308 e. The Morgan fingerprint density at radius 2 is 1.91 bits per heavy atom. The molecule has 0 aliphatic rings. The van der Waals surface area contributed by atoms with Gasteiger partial charge < -0.3 is 9.47 Å². The highest BCUT2D eigenvalue weighted by atomic mass is 16.6. The largest absolute Gasteiger partial charge is 0.493 e. The SMILES string of the molecule is COc1cc(/C=N/NC(=O)c2ccncc2)ccc1OC(C)=O. The van der Waals surface area contributed by atoms with Crippen LogP contribution >= 0.6 is 0 Å². The number of methoxy groups -OCH3 is 1. The fraction of sp³-hybridized carbons (Fsp3) is 0.125. The van der Waals surface area contributed by atoms with Gasteiger partial charge in [-0.25, -0.2) is 5.43 Å². The number of hydrogen-bond acceptors (Lipinski definition) is 6. The third kappa shape index (κ3) is 4.63. The Bertz CT molecular complexity index is 729. The molecular weight excluding hydrogens is 298 g/mol. The lowest BCUT2D eigenvalue weighted by molar-refractivity contribution is -0.132. The van der Waals surface area contributed by atoms with Crippen molar-refractivity contribution in [2.24, 2.45) is 5.10 Å². The van der Waals surface area contributed by atoms with Crippen LogP contribution in [-0.4, -0.2) is 30.2 Å². The van der Waals surface area contributed by atoms with Crippen molar-refractivity contribution in [3.05, 3.63) is 53.9 Å². The molecule has 2 rings (SSSR count). The molecule has 23 heavy (non-hydrogen) atoms. The van der Waals surface area contributed by atoms with E-state index in [1.807, 2.05) is 0 Å². The topological polar surface area (TPSA) is 89.9 Å². The molecule has 0 saturated heterocycles.